The number of non-ortho nitro benzene ring substituents is 1. The van der Waals surface area contributed by atoms with Crippen LogP contribution in [0.3, 0.4) is 0 Å². The molecule has 0 radical (unpaired) electrons. The smallest absolute Gasteiger partial charge is 0.269 e. The fourth-order valence-corrected chi connectivity index (χ4v) is 1.18. The molecule has 0 bridgehead atoms. The second kappa shape index (κ2) is 4.06. The Balaban J connectivity index is 3.08. The molecule has 0 aliphatic carbocycles. The van der Waals surface area contributed by atoms with Gasteiger partial charge in [0, 0.05) is 17.2 Å². The van der Waals surface area contributed by atoms with Gasteiger partial charge in [0.05, 0.1) is 11.3 Å². The Morgan fingerprint density at radius 3 is 2.71 bits per heavy atom. The van der Waals surface area contributed by atoms with Crippen LogP contribution in [-0.2, 0) is 11.2 Å². The van der Waals surface area contributed by atoms with E-state index >= 15 is 0 Å². The number of nitrogens with zero attached hydrogens (tertiary/aromatic N) is 1. The number of rotatable bonds is 3. The van der Waals surface area contributed by atoms with Crippen LogP contribution in [0.5, 0.6) is 0 Å². The zero-order chi connectivity index (χ0) is 10.7. The lowest BCUT2D eigenvalue weighted by Crippen LogP contribution is -2.14. The lowest BCUT2D eigenvalue weighted by atomic mass is 10.1. The Hall–Kier alpha value is -1.62. The number of halogens is 1. The molecule has 14 heavy (non-hydrogen) atoms. The molecule has 74 valence electrons. The van der Waals surface area contributed by atoms with Crippen molar-refractivity contribution in [2.45, 2.75) is 6.42 Å². The van der Waals surface area contributed by atoms with Gasteiger partial charge in [0.25, 0.3) is 5.69 Å². The highest BCUT2D eigenvalue weighted by Crippen LogP contribution is 2.22. The van der Waals surface area contributed by atoms with E-state index in [-0.39, 0.29) is 12.1 Å². The molecular formula is C8H7ClN2O3. The SMILES string of the molecule is NC(=O)Cc1cc([N+](=O)[O-])ccc1Cl. The largest absolute Gasteiger partial charge is 0.369 e. The standard InChI is InChI=1S/C8H7ClN2O3/c9-7-2-1-6(11(13)14)3-5(7)4-8(10)12/h1-3H,4H2,(H2,10,12). The van der Waals surface area contributed by atoms with Gasteiger partial charge in [-0.05, 0) is 11.6 Å². The van der Waals surface area contributed by atoms with Gasteiger partial charge >= 0.3 is 0 Å². The van der Waals surface area contributed by atoms with Gasteiger partial charge in [0.15, 0.2) is 0 Å². The van der Waals surface area contributed by atoms with Crippen LogP contribution in [0.15, 0.2) is 18.2 Å². The summed E-state index contributed by atoms with van der Waals surface area (Å²) in [4.78, 5) is 20.4. The normalized spacial score (nSPS) is 9.79. The first-order valence-corrected chi connectivity index (χ1v) is 4.09. The predicted molar refractivity (Wildman–Crippen MR) is 51.0 cm³/mol. The molecule has 0 saturated carbocycles. The number of nitro groups is 1. The van der Waals surface area contributed by atoms with Gasteiger partial charge in [-0.25, -0.2) is 0 Å². The summed E-state index contributed by atoms with van der Waals surface area (Å²) in [6.45, 7) is 0. The highest BCUT2D eigenvalue weighted by Gasteiger charge is 2.10. The molecule has 0 fully saturated rings. The number of benzene rings is 1. The molecule has 1 aromatic carbocycles. The number of hydrogen-bond donors (Lipinski definition) is 1. The Kier molecular flexibility index (Phi) is 3.03. The molecule has 0 unspecified atom stereocenters. The van der Waals surface area contributed by atoms with Crippen molar-refractivity contribution < 1.29 is 9.72 Å². The summed E-state index contributed by atoms with van der Waals surface area (Å²) in [5.41, 5.74) is 5.22. The first kappa shape index (κ1) is 10.5. The molecular weight excluding hydrogens is 208 g/mol. The zero-order valence-electron chi connectivity index (χ0n) is 7.07. The minimum Gasteiger partial charge on any atom is -0.369 e. The van der Waals surface area contributed by atoms with Crippen LogP contribution in [0.25, 0.3) is 0 Å². The van der Waals surface area contributed by atoms with E-state index in [1.165, 1.54) is 18.2 Å². The molecule has 0 atom stereocenters. The van der Waals surface area contributed by atoms with Gasteiger partial charge in [0.2, 0.25) is 5.91 Å². The number of nitro benzene ring substituents is 1. The van der Waals surface area contributed by atoms with Crippen molar-refractivity contribution in [3.63, 3.8) is 0 Å². The van der Waals surface area contributed by atoms with Crippen LogP contribution < -0.4 is 5.73 Å². The van der Waals surface area contributed by atoms with Crippen molar-refractivity contribution in [2.24, 2.45) is 5.73 Å². The van der Waals surface area contributed by atoms with Crippen molar-refractivity contribution in [3.05, 3.63) is 38.9 Å². The predicted octanol–water partition coefficient (Wildman–Crippen LogP) is 1.28. The van der Waals surface area contributed by atoms with Crippen LogP contribution in [0.2, 0.25) is 5.02 Å². The van der Waals surface area contributed by atoms with Crippen LogP contribution >= 0.6 is 11.6 Å². The lowest BCUT2D eigenvalue weighted by Gasteiger charge is -2.00. The molecule has 1 amide bonds. The summed E-state index contributed by atoms with van der Waals surface area (Å²) >= 11 is 5.71. The monoisotopic (exact) mass is 214 g/mol. The van der Waals surface area contributed by atoms with E-state index < -0.39 is 10.8 Å². The van der Waals surface area contributed by atoms with Gasteiger partial charge in [-0.2, -0.15) is 0 Å². The highest BCUT2D eigenvalue weighted by molar-refractivity contribution is 6.31. The Labute approximate surface area is 84.6 Å². The summed E-state index contributed by atoms with van der Waals surface area (Å²) < 4.78 is 0. The van der Waals surface area contributed by atoms with E-state index in [1.807, 2.05) is 0 Å². The van der Waals surface area contributed by atoms with Crippen molar-refractivity contribution in [1.82, 2.24) is 0 Å². The quantitative estimate of drug-likeness (QED) is 0.607. The van der Waals surface area contributed by atoms with Crippen LogP contribution in [0.4, 0.5) is 5.69 Å². The number of hydrogen-bond acceptors (Lipinski definition) is 3. The van der Waals surface area contributed by atoms with Gasteiger partial charge in [-0.1, -0.05) is 11.6 Å². The maximum absolute atomic E-state index is 10.6. The molecule has 2 N–H and O–H groups in total. The summed E-state index contributed by atoms with van der Waals surface area (Å²) in [5, 5.41) is 10.7. The van der Waals surface area contributed by atoms with Crippen molar-refractivity contribution >= 4 is 23.2 Å². The van der Waals surface area contributed by atoms with Crippen molar-refractivity contribution in [2.75, 3.05) is 0 Å². The third-order valence-corrected chi connectivity index (χ3v) is 1.97. The number of nitrogens with two attached hydrogens (primary N) is 1. The number of carbonyl (C=O) groups is 1. The molecule has 1 aromatic rings. The number of carbonyl (C=O) groups excluding carboxylic acids is 1. The zero-order valence-corrected chi connectivity index (χ0v) is 7.82. The fourth-order valence-electron chi connectivity index (χ4n) is 0.998. The van der Waals surface area contributed by atoms with Crippen LogP contribution in [-0.4, -0.2) is 10.8 Å². The number of primary amides is 1. The molecule has 6 heteroatoms. The first-order chi connectivity index (χ1) is 6.50. The number of amides is 1. The summed E-state index contributed by atoms with van der Waals surface area (Å²) in [7, 11) is 0. The summed E-state index contributed by atoms with van der Waals surface area (Å²) in [6.07, 6.45) is -0.0967. The molecule has 0 aliphatic heterocycles. The van der Waals surface area contributed by atoms with Gasteiger partial charge in [-0.3, -0.25) is 14.9 Å². The van der Waals surface area contributed by atoms with Crippen molar-refractivity contribution in [3.8, 4) is 0 Å². The average molecular weight is 215 g/mol. The van der Waals surface area contributed by atoms with Gasteiger partial charge < -0.3 is 5.73 Å². The van der Waals surface area contributed by atoms with E-state index in [2.05, 4.69) is 0 Å². The highest BCUT2D eigenvalue weighted by atomic mass is 35.5. The van der Waals surface area contributed by atoms with E-state index in [0.717, 1.165) is 0 Å². The molecule has 5 nitrogen and oxygen atoms in total. The molecule has 0 heterocycles. The van der Waals surface area contributed by atoms with Crippen LogP contribution in [0.1, 0.15) is 5.56 Å². The third kappa shape index (κ3) is 2.43. The third-order valence-electron chi connectivity index (χ3n) is 1.60. The first-order valence-electron chi connectivity index (χ1n) is 3.72. The maximum atomic E-state index is 10.6. The topological polar surface area (TPSA) is 86.2 Å². The fraction of sp³-hybridized carbons (Fsp3) is 0.125. The molecule has 1 rings (SSSR count). The second-order valence-corrected chi connectivity index (χ2v) is 3.08. The molecule has 0 aromatic heterocycles. The van der Waals surface area contributed by atoms with E-state index in [9.17, 15) is 14.9 Å². The summed E-state index contributed by atoms with van der Waals surface area (Å²) in [5.74, 6) is -0.576. The second-order valence-electron chi connectivity index (χ2n) is 2.68. The Bertz CT molecular complexity index is 392. The lowest BCUT2D eigenvalue weighted by molar-refractivity contribution is -0.384. The molecule has 0 aliphatic rings. The minimum atomic E-state index is -0.576. The molecule has 0 spiro atoms. The van der Waals surface area contributed by atoms with Crippen LogP contribution in [0, 0.1) is 10.1 Å². The minimum absolute atomic E-state index is 0.0967. The maximum Gasteiger partial charge on any atom is 0.269 e. The Morgan fingerprint density at radius 1 is 1.57 bits per heavy atom. The van der Waals surface area contributed by atoms with Gasteiger partial charge in [0.1, 0.15) is 0 Å². The van der Waals surface area contributed by atoms with E-state index in [1.54, 1.807) is 0 Å². The molecule has 0 saturated heterocycles. The van der Waals surface area contributed by atoms with Gasteiger partial charge in [-0.15, -0.1) is 0 Å². The Morgan fingerprint density at radius 2 is 2.21 bits per heavy atom. The van der Waals surface area contributed by atoms with E-state index in [0.29, 0.717) is 10.6 Å². The van der Waals surface area contributed by atoms with E-state index in [4.69, 9.17) is 17.3 Å². The average Bonchev–Trinajstić information content (AvgIpc) is 2.07. The van der Waals surface area contributed by atoms with Crippen molar-refractivity contribution in [1.29, 1.82) is 0 Å². The summed E-state index contributed by atoms with van der Waals surface area (Å²) in [6, 6.07) is 3.89.